The fourth-order valence-corrected chi connectivity index (χ4v) is 8.97. The zero-order chi connectivity index (χ0) is 37.6. The maximum Gasteiger partial charge on any atom is 0.411 e. The second-order valence-corrected chi connectivity index (χ2v) is 18.1. The third-order valence-electron chi connectivity index (χ3n) is 11.7. The number of carbonyl (C=O) groups excluding carboxylic acids is 2. The first-order valence-corrected chi connectivity index (χ1v) is 19.5. The first kappa shape index (κ1) is 34.6. The topological polar surface area (TPSA) is 116 Å². The van der Waals surface area contributed by atoms with Crippen LogP contribution in [0.15, 0.2) is 72.9 Å². The predicted molar refractivity (Wildman–Crippen MR) is 208 cm³/mol. The summed E-state index contributed by atoms with van der Waals surface area (Å²) in [6.07, 6.45) is 7.71. The Morgan fingerprint density at radius 3 is 2.02 bits per heavy atom. The van der Waals surface area contributed by atoms with Gasteiger partial charge in [-0.1, -0.05) is 54.6 Å². The minimum absolute atomic E-state index is 0.0906. The van der Waals surface area contributed by atoms with Crippen molar-refractivity contribution in [1.82, 2.24) is 29.7 Å². The normalized spacial score (nSPS) is 23.1. The molecule has 4 fully saturated rings. The van der Waals surface area contributed by atoms with E-state index in [2.05, 4.69) is 76.7 Å². The number of rotatable bonds is 5. The van der Waals surface area contributed by atoms with Gasteiger partial charge in [0, 0.05) is 12.6 Å². The van der Waals surface area contributed by atoms with E-state index >= 15 is 0 Å². The van der Waals surface area contributed by atoms with Crippen molar-refractivity contribution in [1.29, 1.82) is 0 Å². The van der Waals surface area contributed by atoms with Gasteiger partial charge in [-0.05, 0) is 131 Å². The number of imidazole rings is 2. The number of carbonyl (C=O) groups is 2. The summed E-state index contributed by atoms with van der Waals surface area (Å²) < 4.78 is 11.6. The van der Waals surface area contributed by atoms with Crippen LogP contribution in [0.4, 0.5) is 9.59 Å². The van der Waals surface area contributed by atoms with E-state index in [-0.39, 0.29) is 35.7 Å². The van der Waals surface area contributed by atoms with Crippen molar-refractivity contribution in [2.75, 3.05) is 6.54 Å². The van der Waals surface area contributed by atoms with E-state index in [1.54, 1.807) is 0 Å². The number of hydrogen-bond acceptors (Lipinski definition) is 6. The number of H-pyrrole nitrogens is 2. The molecule has 5 aromatic rings. The molecule has 2 bridgehead atoms. The highest BCUT2D eigenvalue weighted by molar-refractivity contribution is 5.83. The fraction of sp³-hybridized carbons (Fsp3) is 0.455. The number of amides is 2. The van der Waals surface area contributed by atoms with Crippen molar-refractivity contribution < 1.29 is 19.1 Å². The van der Waals surface area contributed by atoms with Gasteiger partial charge in [0.15, 0.2) is 0 Å². The van der Waals surface area contributed by atoms with Crippen molar-refractivity contribution in [2.24, 2.45) is 11.3 Å². The Bertz CT molecular complexity index is 2220. The number of fused-ring (bicyclic) bond motifs is 3. The largest absolute Gasteiger partial charge is 0.444 e. The molecule has 280 valence electrons. The molecule has 2 amide bonds. The zero-order valence-corrected chi connectivity index (χ0v) is 32.1. The molecule has 10 heteroatoms. The van der Waals surface area contributed by atoms with Crippen LogP contribution in [0, 0.1) is 11.3 Å². The number of ether oxygens (including phenoxy) is 2. The molecule has 4 atom stereocenters. The Balaban J connectivity index is 0.893. The lowest BCUT2D eigenvalue weighted by molar-refractivity contribution is 0.00616. The lowest BCUT2D eigenvalue weighted by Gasteiger charge is -2.35. The molecule has 54 heavy (non-hydrogen) atoms. The van der Waals surface area contributed by atoms with Gasteiger partial charge in [-0.15, -0.1) is 0 Å². The number of nitrogens with zero attached hydrogens (tertiary/aromatic N) is 4. The third kappa shape index (κ3) is 6.54. The summed E-state index contributed by atoms with van der Waals surface area (Å²) in [6.45, 7) is 12.2. The number of aromatic amines is 2. The maximum absolute atomic E-state index is 13.3. The molecule has 0 radical (unpaired) electrons. The van der Waals surface area contributed by atoms with Crippen molar-refractivity contribution in [3.8, 4) is 33.5 Å². The van der Waals surface area contributed by atoms with Gasteiger partial charge in [0.05, 0.1) is 35.0 Å². The van der Waals surface area contributed by atoms with Crippen LogP contribution in [0.1, 0.15) is 104 Å². The highest BCUT2D eigenvalue weighted by atomic mass is 16.6. The predicted octanol–water partition coefficient (Wildman–Crippen LogP) is 10.2. The second kappa shape index (κ2) is 12.5. The van der Waals surface area contributed by atoms with Crippen LogP contribution in [0.5, 0.6) is 0 Å². The molecule has 2 saturated carbocycles. The molecule has 2 N–H and O–H groups in total. The molecule has 2 aliphatic heterocycles. The Morgan fingerprint density at radius 2 is 1.37 bits per heavy atom. The molecular weight excluding hydrogens is 677 g/mol. The fourth-order valence-electron chi connectivity index (χ4n) is 8.97. The molecule has 10 nitrogen and oxygen atoms in total. The molecule has 1 spiro atoms. The molecule has 1 unspecified atom stereocenters. The number of hydrogen-bond donors (Lipinski definition) is 2. The van der Waals surface area contributed by atoms with Gasteiger partial charge in [0.1, 0.15) is 22.9 Å². The quantitative estimate of drug-likeness (QED) is 0.186. The summed E-state index contributed by atoms with van der Waals surface area (Å²) in [5, 5.41) is 0. The Morgan fingerprint density at radius 1 is 0.759 bits per heavy atom. The minimum Gasteiger partial charge on any atom is -0.444 e. The summed E-state index contributed by atoms with van der Waals surface area (Å²) in [6, 6.07) is 23.5. The van der Waals surface area contributed by atoms with Gasteiger partial charge >= 0.3 is 12.2 Å². The Hall–Kier alpha value is -5.12. The maximum atomic E-state index is 13.3. The summed E-state index contributed by atoms with van der Waals surface area (Å²) in [5.74, 6) is 2.06. The van der Waals surface area contributed by atoms with E-state index in [9.17, 15) is 9.59 Å². The van der Waals surface area contributed by atoms with Crippen molar-refractivity contribution >= 4 is 23.2 Å². The van der Waals surface area contributed by atoms with E-state index in [4.69, 9.17) is 19.4 Å². The van der Waals surface area contributed by atoms with Crippen LogP contribution >= 0.6 is 0 Å². The smallest absolute Gasteiger partial charge is 0.411 e. The number of likely N-dealkylation sites (tertiary alicyclic amines) is 2. The number of aromatic nitrogens is 4. The minimum atomic E-state index is -0.542. The lowest BCUT2D eigenvalue weighted by atomic mass is 9.98. The van der Waals surface area contributed by atoms with E-state index in [0.717, 1.165) is 101 Å². The number of benzene rings is 3. The van der Waals surface area contributed by atoms with Gasteiger partial charge < -0.3 is 19.4 Å². The molecule has 9 rings (SSSR count). The first-order valence-electron chi connectivity index (χ1n) is 19.5. The van der Waals surface area contributed by atoms with Crippen molar-refractivity contribution in [3.05, 3.63) is 84.6 Å². The van der Waals surface area contributed by atoms with E-state index in [1.807, 2.05) is 57.5 Å². The van der Waals surface area contributed by atoms with E-state index in [1.165, 1.54) is 0 Å². The average Bonchev–Trinajstić information content (AvgIpc) is 3.71. The number of piperidine rings is 1. The monoisotopic (exact) mass is 726 g/mol. The van der Waals surface area contributed by atoms with Crippen LogP contribution in [-0.2, 0) is 9.47 Å². The molecule has 2 aromatic heterocycles. The number of nitrogens with one attached hydrogen (secondary N) is 2. The van der Waals surface area contributed by atoms with E-state index < -0.39 is 11.2 Å². The highest BCUT2D eigenvalue weighted by Gasteiger charge is 2.55. The van der Waals surface area contributed by atoms with Gasteiger partial charge in [-0.2, -0.15) is 0 Å². The third-order valence-corrected chi connectivity index (χ3v) is 11.7. The summed E-state index contributed by atoms with van der Waals surface area (Å²) in [7, 11) is 0. The molecule has 2 aliphatic carbocycles. The molecule has 3 aromatic carbocycles. The van der Waals surface area contributed by atoms with Crippen LogP contribution < -0.4 is 0 Å². The molecule has 4 aliphatic rings. The van der Waals surface area contributed by atoms with Gasteiger partial charge in [-0.25, -0.2) is 19.6 Å². The zero-order valence-electron chi connectivity index (χ0n) is 32.1. The van der Waals surface area contributed by atoms with Crippen LogP contribution in [0.25, 0.3) is 44.5 Å². The Kier molecular flexibility index (Phi) is 7.99. The van der Waals surface area contributed by atoms with E-state index in [0.29, 0.717) is 5.92 Å². The summed E-state index contributed by atoms with van der Waals surface area (Å²) in [5.41, 5.74) is 7.46. The average molecular weight is 727 g/mol. The Labute approximate surface area is 316 Å². The summed E-state index contributed by atoms with van der Waals surface area (Å²) >= 11 is 0. The van der Waals surface area contributed by atoms with Crippen LogP contribution in [-0.4, -0.2) is 65.7 Å². The summed E-state index contributed by atoms with van der Waals surface area (Å²) in [4.78, 5) is 47.1. The standard InChI is InChI=1S/C44H50N6O4/c1-42(2,3)53-40(51)49-25-44(19-20-44)23-36(49)38-45-24-35(48-38)29-13-11-27(12-14-29)26-7-9-28(10-8-26)30-16-18-33-34(22-30)47-39(46-33)37-31-15-17-32(21-31)50(37)41(52)54-43(4,5)6/h7-14,16,18,22,24,31-32,36-37H,15,17,19-21,23,25H2,1-6H3,(H,45,48)(H,46,47)/t31-,32+,36?,37-/m0/s1. The van der Waals surface area contributed by atoms with Gasteiger partial charge in [0.2, 0.25) is 0 Å². The van der Waals surface area contributed by atoms with Crippen LogP contribution in [0.3, 0.4) is 0 Å². The second-order valence-electron chi connectivity index (χ2n) is 18.1. The van der Waals surface area contributed by atoms with Crippen molar-refractivity contribution in [2.45, 2.75) is 109 Å². The molecule has 4 heterocycles. The van der Waals surface area contributed by atoms with Gasteiger partial charge in [0.25, 0.3) is 0 Å². The lowest BCUT2D eigenvalue weighted by Crippen LogP contribution is -2.43. The van der Waals surface area contributed by atoms with Crippen molar-refractivity contribution in [3.63, 3.8) is 0 Å². The first-order chi connectivity index (χ1) is 25.7. The van der Waals surface area contributed by atoms with Crippen LogP contribution in [0.2, 0.25) is 0 Å². The molecule has 2 saturated heterocycles. The SMILES string of the molecule is CC(C)(C)OC(=O)N1CC2(CC2)CC1c1ncc(-c2ccc(-c3ccc(-c4ccc5nc([C@@H]6[C@H]7CC[C@H](C7)N6C(=O)OC(C)(C)C)[nH]c5c4)cc3)cc2)[nH]1. The highest BCUT2D eigenvalue weighted by Crippen LogP contribution is 2.58. The molecular formula is C44H50N6O4. The van der Waals surface area contributed by atoms with Gasteiger partial charge in [-0.3, -0.25) is 9.80 Å².